The smallest absolute Gasteiger partial charge is 0.325 e. The van der Waals surface area contributed by atoms with Crippen LogP contribution in [0, 0.1) is 0 Å². The van der Waals surface area contributed by atoms with Crippen LogP contribution in [-0.4, -0.2) is 60.9 Å². The molecule has 2 aromatic rings. The summed E-state index contributed by atoms with van der Waals surface area (Å²) in [4.78, 5) is 43.6. The second-order valence-electron chi connectivity index (χ2n) is 7.93. The molecule has 2 N–H and O–H groups in total. The Kier molecular flexibility index (Phi) is 5.37. The first-order chi connectivity index (χ1) is 14.8. The Morgan fingerprint density at radius 1 is 1.06 bits per heavy atom. The number of imide groups is 1. The zero-order valence-corrected chi connectivity index (χ0v) is 17.7. The third-order valence-electron chi connectivity index (χ3n) is 5.56. The summed E-state index contributed by atoms with van der Waals surface area (Å²) in [7, 11) is 5.62. The fraction of sp³-hybridized carbons (Fsp3) is 0.261. The molecular weight excluding hydrogens is 394 g/mol. The molecule has 0 aliphatic carbocycles. The molecule has 160 valence electrons. The van der Waals surface area contributed by atoms with Crippen molar-refractivity contribution in [2.45, 2.75) is 18.6 Å². The van der Waals surface area contributed by atoms with E-state index < -0.39 is 18.1 Å². The highest BCUT2D eigenvalue weighted by Gasteiger charge is 2.49. The highest BCUT2D eigenvalue weighted by molar-refractivity contribution is 6.09. The van der Waals surface area contributed by atoms with Gasteiger partial charge in [-0.15, -0.1) is 0 Å². The van der Waals surface area contributed by atoms with Gasteiger partial charge in [0.05, 0.1) is 18.2 Å². The molecule has 0 saturated carbocycles. The van der Waals surface area contributed by atoms with E-state index in [0.29, 0.717) is 11.3 Å². The molecule has 0 radical (unpaired) electrons. The van der Waals surface area contributed by atoms with Gasteiger partial charge in [-0.3, -0.25) is 14.5 Å². The lowest BCUT2D eigenvalue weighted by atomic mass is 9.99. The van der Waals surface area contributed by atoms with Crippen molar-refractivity contribution < 1.29 is 14.4 Å². The van der Waals surface area contributed by atoms with Crippen molar-refractivity contribution >= 4 is 29.2 Å². The number of hydrogen-bond acceptors (Lipinski definition) is 5. The monoisotopic (exact) mass is 419 g/mol. The van der Waals surface area contributed by atoms with E-state index in [0.717, 1.165) is 11.3 Å². The van der Waals surface area contributed by atoms with Gasteiger partial charge in [0.1, 0.15) is 6.04 Å². The van der Waals surface area contributed by atoms with Gasteiger partial charge in [-0.05, 0) is 29.8 Å². The number of nitrogens with one attached hydrogen (secondary N) is 2. The summed E-state index contributed by atoms with van der Waals surface area (Å²) in [6.07, 6.45) is 1.63. The topological polar surface area (TPSA) is 85.0 Å². The summed E-state index contributed by atoms with van der Waals surface area (Å²) >= 11 is 0. The number of anilines is 2. The van der Waals surface area contributed by atoms with Gasteiger partial charge in [0.25, 0.3) is 11.8 Å². The maximum atomic E-state index is 13.1. The minimum atomic E-state index is -0.696. The van der Waals surface area contributed by atoms with Crippen LogP contribution < -0.4 is 15.5 Å². The summed E-state index contributed by atoms with van der Waals surface area (Å²) in [5, 5.41) is 5.69. The van der Waals surface area contributed by atoms with E-state index in [9.17, 15) is 14.4 Å². The number of nitrogens with zero attached hydrogens (tertiary/aromatic N) is 3. The van der Waals surface area contributed by atoms with Gasteiger partial charge in [-0.25, -0.2) is 4.79 Å². The lowest BCUT2D eigenvalue weighted by molar-refractivity contribution is -0.134. The van der Waals surface area contributed by atoms with Crippen LogP contribution in [0.5, 0.6) is 0 Å². The highest BCUT2D eigenvalue weighted by atomic mass is 16.2. The van der Waals surface area contributed by atoms with Crippen molar-refractivity contribution in [3.63, 3.8) is 0 Å². The van der Waals surface area contributed by atoms with Gasteiger partial charge in [-0.1, -0.05) is 30.3 Å². The number of likely N-dealkylation sites (N-methyl/N-ethyl adjacent to an activating group) is 1. The number of urea groups is 1. The number of amides is 4. The molecule has 2 unspecified atom stereocenters. The summed E-state index contributed by atoms with van der Waals surface area (Å²) in [5.41, 5.74) is 2.87. The van der Waals surface area contributed by atoms with Crippen LogP contribution in [-0.2, 0) is 16.1 Å². The van der Waals surface area contributed by atoms with Gasteiger partial charge in [0.2, 0.25) is 0 Å². The van der Waals surface area contributed by atoms with E-state index in [1.807, 2.05) is 73.6 Å². The second-order valence-corrected chi connectivity index (χ2v) is 7.93. The highest BCUT2D eigenvalue weighted by Crippen LogP contribution is 2.28. The SMILES string of the molecule is CN(C)c1ccc(NC(=O)C2=CN(C)C3C(=O)N(Cc4ccccc4)C(=O)NC23)cc1. The summed E-state index contributed by atoms with van der Waals surface area (Å²) < 4.78 is 0. The maximum absolute atomic E-state index is 13.1. The number of fused-ring (bicyclic) bond motifs is 1. The largest absolute Gasteiger partial charge is 0.378 e. The van der Waals surface area contributed by atoms with Crippen LogP contribution in [0.1, 0.15) is 5.56 Å². The van der Waals surface area contributed by atoms with Gasteiger partial charge in [0.15, 0.2) is 0 Å². The van der Waals surface area contributed by atoms with E-state index >= 15 is 0 Å². The Bertz CT molecular complexity index is 1030. The van der Waals surface area contributed by atoms with Crippen molar-refractivity contribution in [3.8, 4) is 0 Å². The van der Waals surface area contributed by atoms with E-state index in [1.165, 1.54) is 4.90 Å². The van der Waals surface area contributed by atoms with E-state index in [2.05, 4.69) is 10.6 Å². The first-order valence-corrected chi connectivity index (χ1v) is 10.0. The number of benzene rings is 2. The maximum Gasteiger partial charge on any atom is 0.325 e. The molecule has 1 fully saturated rings. The summed E-state index contributed by atoms with van der Waals surface area (Å²) in [6.45, 7) is 0.183. The molecule has 4 rings (SSSR count). The molecule has 2 aliphatic heterocycles. The molecule has 2 aliphatic rings. The van der Waals surface area contributed by atoms with Gasteiger partial charge in [0, 0.05) is 38.7 Å². The van der Waals surface area contributed by atoms with Crippen molar-refractivity contribution in [1.29, 1.82) is 0 Å². The molecule has 0 bridgehead atoms. The predicted octanol–water partition coefficient (Wildman–Crippen LogP) is 2.01. The number of rotatable bonds is 5. The second kappa shape index (κ2) is 8.14. The number of hydrogen-bond donors (Lipinski definition) is 2. The zero-order chi connectivity index (χ0) is 22.1. The Hall–Kier alpha value is -3.81. The molecule has 8 nitrogen and oxygen atoms in total. The lowest BCUT2D eigenvalue weighted by Crippen LogP contribution is -2.64. The first-order valence-electron chi connectivity index (χ1n) is 10.0. The molecule has 8 heteroatoms. The van der Waals surface area contributed by atoms with Crippen LogP contribution in [0.4, 0.5) is 16.2 Å². The molecular formula is C23H25N5O3. The van der Waals surface area contributed by atoms with Crippen molar-refractivity contribution in [3.05, 3.63) is 71.9 Å². The zero-order valence-electron chi connectivity index (χ0n) is 17.7. The Balaban J connectivity index is 1.48. The third-order valence-corrected chi connectivity index (χ3v) is 5.56. The van der Waals surface area contributed by atoms with E-state index in [1.54, 1.807) is 18.1 Å². The van der Waals surface area contributed by atoms with Gasteiger partial charge >= 0.3 is 6.03 Å². The van der Waals surface area contributed by atoms with Crippen LogP contribution in [0.2, 0.25) is 0 Å². The van der Waals surface area contributed by atoms with Crippen LogP contribution >= 0.6 is 0 Å². The average molecular weight is 419 g/mol. The average Bonchev–Trinajstić information content (AvgIpc) is 3.08. The number of carbonyl (C=O) groups is 3. The third kappa shape index (κ3) is 3.96. The Morgan fingerprint density at radius 3 is 2.39 bits per heavy atom. The van der Waals surface area contributed by atoms with Crippen molar-refractivity contribution in [1.82, 2.24) is 15.1 Å². The predicted molar refractivity (Wildman–Crippen MR) is 118 cm³/mol. The minimum Gasteiger partial charge on any atom is -0.378 e. The normalized spacial score (nSPS) is 20.2. The standard InChI is InChI=1S/C23H25N5O3/c1-26(2)17-11-9-16(10-12-17)24-21(29)18-14-27(3)20-19(18)25-23(31)28(22(20)30)13-15-7-5-4-6-8-15/h4-12,14,19-20H,13H2,1-3H3,(H,24,29)(H,25,31). The lowest BCUT2D eigenvalue weighted by Gasteiger charge is -2.37. The number of carbonyl (C=O) groups excluding carboxylic acids is 3. The summed E-state index contributed by atoms with van der Waals surface area (Å²) in [5.74, 6) is -0.670. The van der Waals surface area contributed by atoms with Gasteiger partial charge < -0.3 is 20.4 Å². The van der Waals surface area contributed by atoms with Gasteiger partial charge in [-0.2, -0.15) is 0 Å². The van der Waals surface area contributed by atoms with Crippen molar-refractivity contribution in [2.24, 2.45) is 0 Å². The molecule has 1 saturated heterocycles. The fourth-order valence-corrected chi connectivity index (χ4v) is 3.89. The van der Waals surface area contributed by atoms with Crippen LogP contribution in [0.15, 0.2) is 66.4 Å². The summed E-state index contributed by atoms with van der Waals surface area (Å²) in [6, 6.07) is 14.9. The van der Waals surface area contributed by atoms with E-state index in [-0.39, 0.29) is 18.4 Å². The minimum absolute atomic E-state index is 0.183. The Labute approximate surface area is 181 Å². The molecule has 2 heterocycles. The van der Waals surface area contributed by atoms with Crippen molar-refractivity contribution in [2.75, 3.05) is 31.4 Å². The fourth-order valence-electron chi connectivity index (χ4n) is 3.89. The van der Waals surface area contributed by atoms with E-state index in [4.69, 9.17) is 0 Å². The Morgan fingerprint density at radius 2 is 1.74 bits per heavy atom. The molecule has 0 spiro atoms. The molecule has 2 atom stereocenters. The van der Waals surface area contributed by atoms with Crippen LogP contribution in [0.25, 0.3) is 0 Å². The molecule has 31 heavy (non-hydrogen) atoms. The quantitative estimate of drug-likeness (QED) is 0.775. The molecule has 4 amide bonds. The first kappa shape index (κ1) is 20.5. The molecule has 0 aromatic heterocycles. The molecule has 2 aromatic carbocycles. The van der Waals surface area contributed by atoms with Crippen LogP contribution in [0.3, 0.4) is 0 Å².